The van der Waals surface area contributed by atoms with Crippen LogP contribution >= 0.6 is 0 Å². The first-order valence-electron chi connectivity index (χ1n) is 8.79. The zero-order chi connectivity index (χ0) is 20.7. The highest BCUT2D eigenvalue weighted by molar-refractivity contribution is 7.90. The van der Waals surface area contributed by atoms with Gasteiger partial charge in [0, 0.05) is 0 Å². The molecule has 0 spiro atoms. The molecule has 0 aromatic heterocycles. The molecule has 1 aromatic carbocycles. The highest BCUT2D eigenvalue weighted by Gasteiger charge is 2.30. The summed E-state index contributed by atoms with van der Waals surface area (Å²) in [6.45, 7) is -0.0681. The van der Waals surface area contributed by atoms with Crippen molar-refractivity contribution in [1.29, 1.82) is 0 Å². The van der Waals surface area contributed by atoms with E-state index >= 15 is 0 Å². The maximum absolute atomic E-state index is 12.9. The maximum Gasteiger partial charge on any atom is 0.299 e. The third-order valence-corrected chi connectivity index (χ3v) is 6.24. The molecule has 2 rings (SSSR count). The Bertz CT molecular complexity index is 832. The molecule has 0 aliphatic heterocycles. The van der Waals surface area contributed by atoms with Crippen molar-refractivity contribution >= 4 is 21.8 Å². The first-order valence-corrected chi connectivity index (χ1v) is 10.3. The number of aliphatic hydroxyl groups is 1. The molecular formula is C18H23FN2O6S. The fourth-order valence-corrected chi connectivity index (χ4v) is 4.37. The van der Waals surface area contributed by atoms with Gasteiger partial charge in [-0.15, -0.1) is 0 Å². The van der Waals surface area contributed by atoms with Crippen LogP contribution in [0.25, 0.3) is 0 Å². The van der Waals surface area contributed by atoms with Crippen LogP contribution in [0.4, 0.5) is 4.39 Å². The zero-order valence-corrected chi connectivity index (χ0v) is 16.2. The summed E-state index contributed by atoms with van der Waals surface area (Å²) < 4.78 is 39.2. The number of aliphatic hydroxyl groups excluding tert-OH is 1. The van der Waals surface area contributed by atoms with E-state index in [9.17, 15) is 27.5 Å². The minimum atomic E-state index is -3.93. The lowest BCUT2D eigenvalue weighted by Gasteiger charge is -2.21. The van der Waals surface area contributed by atoms with E-state index in [1.807, 2.05) is 0 Å². The monoisotopic (exact) mass is 414 g/mol. The molecule has 1 aliphatic rings. The van der Waals surface area contributed by atoms with Crippen molar-refractivity contribution in [2.75, 3.05) is 7.11 Å². The summed E-state index contributed by atoms with van der Waals surface area (Å²) in [5.74, 6) is -3.65. The smallest absolute Gasteiger partial charge is 0.299 e. The van der Waals surface area contributed by atoms with Crippen LogP contribution < -0.4 is 4.72 Å². The van der Waals surface area contributed by atoms with Crippen LogP contribution in [0.5, 0.6) is 0 Å². The van der Waals surface area contributed by atoms with E-state index in [0.29, 0.717) is 24.5 Å². The Balaban J connectivity index is 2.01. The van der Waals surface area contributed by atoms with Gasteiger partial charge in [-0.3, -0.25) is 14.4 Å². The van der Waals surface area contributed by atoms with Gasteiger partial charge in [-0.2, -0.15) is 0 Å². The molecule has 0 saturated heterocycles. The van der Waals surface area contributed by atoms with E-state index in [0.717, 1.165) is 24.3 Å². The van der Waals surface area contributed by atoms with Crippen molar-refractivity contribution in [2.45, 2.75) is 43.9 Å². The van der Waals surface area contributed by atoms with Crippen LogP contribution in [-0.2, 0) is 31.0 Å². The zero-order valence-electron chi connectivity index (χ0n) is 15.4. The number of halogens is 1. The maximum atomic E-state index is 12.9. The van der Waals surface area contributed by atoms with Gasteiger partial charge in [0.2, 0.25) is 10.0 Å². The number of benzene rings is 1. The lowest BCUT2D eigenvalue weighted by Crippen LogP contribution is -2.40. The van der Waals surface area contributed by atoms with E-state index in [1.165, 1.54) is 31.4 Å². The van der Waals surface area contributed by atoms with Crippen LogP contribution in [0.15, 0.2) is 36.1 Å². The summed E-state index contributed by atoms with van der Waals surface area (Å²) >= 11 is 0. The van der Waals surface area contributed by atoms with E-state index in [-0.39, 0.29) is 6.54 Å². The van der Waals surface area contributed by atoms with Gasteiger partial charge < -0.3 is 5.11 Å². The first-order chi connectivity index (χ1) is 13.2. The van der Waals surface area contributed by atoms with Crippen LogP contribution in [0, 0.1) is 5.82 Å². The topological polar surface area (TPSA) is 113 Å². The molecule has 1 aliphatic carbocycles. The lowest BCUT2D eigenvalue weighted by atomic mass is 10.0. The quantitative estimate of drug-likeness (QED) is 0.401. The molecule has 154 valence electrons. The third kappa shape index (κ3) is 6.03. The number of hydrogen-bond donors (Lipinski definition) is 2. The number of hydrogen-bond acceptors (Lipinski definition) is 6. The van der Waals surface area contributed by atoms with Crippen molar-refractivity contribution in [2.24, 2.45) is 0 Å². The summed E-state index contributed by atoms with van der Waals surface area (Å²) in [7, 11) is -2.73. The molecule has 0 heterocycles. The molecule has 1 fully saturated rings. The number of nitrogens with one attached hydrogen (secondary N) is 1. The van der Waals surface area contributed by atoms with E-state index in [1.54, 1.807) is 4.72 Å². The van der Waals surface area contributed by atoms with Crippen molar-refractivity contribution in [3.8, 4) is 0 Å². The van der Waals surface area contributed by atoms with Gasteiger partial charge in [-0.1, -0.05) is 31.4 Å². The molecule has 8 nitrogen and oxygen atoms in total. The van der Waals surface area contributed by atoms with Gasteiger partial charge in [0.25, 0.3) is 11.8 Å². The van der Waals surface area contributed by atoms with E-state index < -0.39 is 38.7 Å². The van der Waals surface area contributed by atoms with Gasteiger partial charge in [0.05, 0.1) is 25.0 Å². The van der Waals surface area contributed by atoms with Gasteiger partial charge in [-0.05, 0) is 30.5 Å². The molecule has 0 unspecified atom stereocenters. The van der Waals surface area contributed by atoms with E-state index in [2.05, 4.69) is 0 Å². The summed E-state index contributed by atoms with van der Waals surface area (Å²) in [5.41, 5.74) is 0.550. The third-order valence-electron chi connectivity index (χ3n) is 4.42. The van der Waals surface area contributed by atoms with Crippen molar-refractivity contribution in [3.63, 3.8) is 0 Å². The summed E-state index contributed by atoms with van der Waals surface area (Å²) in [4.78, 5) is 29.1. The van der Waals surface area contributed by atoms with Gasteiger partial charge >= 0.3 is 0 Å². The Labute approximate surface area is 163 Å². The predicted molar refractivity (Wildman–Crippen MR) is 98.6 cm³/mol. The van der Waals surface area contributed by atoms with Gasteiger partial charge in [0.1, 0.15) is 5.82 Å². The fourth-order valence-electron chi connectivity index (χ4n) is 2.88. The average Bonchev–Trinajstić information content (AvgIpc) is 2.67. The standard InChI is InChI=1S/C18H23FN2O6S/c1-27-21(12-13-7-9-14(19)10-8-13)17(23)11-16(22)18(24)20-28(25,26)15-5-3-2-4-6-15/h7-11,15,22H,2-6,12H2,1H3,(H,20,24). The fraction of sp³-hybridized carbons (Fsp3) is 0.444. The van der Waals surface area contributed by atoms with Crippen LogP contribution in [0.2, 0.25) is 0 Å². The Morgan fingerprint density at radius 1 is 1.25 bits per heavy atom. The minimum Gasteiger partial charge on any atom is -0.503 e. The highest BCUT2D eigenvalue weighted by Crippen LogP contribution is 2.23. The van der Waals surface area contributed by atoms with Gasteiger partial charge in [-0.25, -0.2) is 22.6 Å². The molecule has 10 heteroatoms. The number of hydroxylamine groups is 2. The van der Waals surface area contributed by atoms with Crippen LogP contribution in [-0.4, -0.2) is 42.8 Å². The molecular weight excluding hydrogens is 391 g/mol. The van der Waals surface area contributed by atoms with Gasteiger partial charge in [0.15, 0.2) is 5.76 Å². The highest BCUT2D eigenvalue weighted by atomic mass is 32.2. The number of nitrogens with zero attached hydrogens (tertiary/aromatic N) is 1. The SMILES string of the molecule is CON(Cc1ccc(F)cc1)C(=O)C=C(O)C(=O)NS(=O)(=O)C1CCCCC1. The largest absolute Gasteiger partial charge is 0.503 e. The van der Waals surface area contributed by atoms with Crippen molar-refractivity contribution < 1.29 is 32.3 Å². The Morgan fingerprint density at radius 3 is 2.43 bits per heavy atom. The van der Waals surface area contributed by atoms with Crippen molar-refractivity contribution in [3.05, 3.63) is 47.5 Å². The van der Waals surface area contributed by atoms with Crippen LogP contribution in [0.1, 0.15) is 37.7 Å². The molecule has 2 N–H and O–H groups in total. The number of sulfonamides is 1. The second kappa shape index (κ2) is 9.65. The van der Waals surface area contributed by atoms with E-state index in [4.69, 9.17) is 4.84 Å². The molecule has 28 heavy (non-hydrogen) atoms. The summed E-state index contributed by atoms with van der Waals surface area (Å²) in [5, 5.41) is 9.96. The predicted octanol–water partition coefficient (Wildman–Crippen LogP) is 1.94. The number of carbonyl (C=O) groups excluding carboxylic acids is 2. The average molecular weight is 414 g/mol. The second-order valence-electron chi connectivity index (χ2n) is 6.45. The summed E-state index contributed by atoms with van der Waals surface area (Å²) in [6.07, 6.45) is 3.92. The number of carbonyl (C=O) groups is 2. The molecule has 1 aromatic rings. The molecule has 2 amide bonds. The lowest BCUT2D eigenvalue weighted by molar-refractivity contribution is -0.173. The molecule has 1 saturated carbocycles. The number of amides is 2. The first kappa shape index (κ1) is 21.8. The minimum absolute atomic E-state index is 0.0681. The normalized spacial score (nSPS) is 15.9. The molecule has 0 bridgehead atoms. The summed E-state index contributed by atoms with van der Waals surface area (Å²) in [6, 6.07) is 5.32. The Hall–Kier alpha value is -2.46. The number of rotatable bonds is 7. The van der Waals surface area contributed by atoms with Crippen molar-refractivity contribution in [1.82, 2.24) is 9.79 Å². The van der Waals surface area contributed by atoms with Crippen LogP contribution in [0.3, 0.4) is 0 Å². The molecule has 0 atom stereocenters. The second-order valence-corrected chi connectivity index (χ2v) is 8.41. The Morgan fingerprint density at radius 2 is 1.86 bits per heavy atom. The molecule has 0 radical (unpaired) electrons. The Kier molecular flexibility index (Phi) is 7.53.